The number of halogens is 3. The van der Waals surface area contributed by atoms with Gasteiger partial charge in [0.25, 0.3) is 0 Å². The van der Waals surface area contributed by atoms with Crippen LogP contribution in [0.2, 0.25) is 0 Å². The molecule has 228 valence electrons. The van der Waals surface area contributed by atoms with Gasteiger partial charge in [-0.2, -0.15) is 21.6 Å². The summed E-state index contributed by atoms with van der Waals surface area (Å²) < 4.78 is 87.3. The van der Waals surface area contributed by atoms with Crippen molar-refractivity contribution < 1.29 is 30.3 Å². The van der Waals surface area contributed by atoms with E-state index in [1.807, 2.05) is 60.7 Å². The van der Waals surface area contributed by atoms with Gasteiger partial charge >= 0.3 is 15.6 Å². The SMILES string of the molecule is O=P(c1ccccc1)(c1ccccc1)c1cccc2c1-c1c(OS(=O)(=O)C(F)(F)F)cccc1-c1ccccc1-c1ccccc1-2. The fourth-order valence-electron chi connectivity index (χ4n) is 6.15. The Bertz CT molecular complexity index is 2230. The number of rotatable bonds is 5. The topological polar surface area (TPSA) is 60.4 Å². The first-order chi connectivity index (χ1) is 22.1. The minimum Gasteiger partial charge on any atom is -0.375 e. The van der Waals surface area contributed by atoms with Crippen LogP contribution in [0.4, 0.5) is 13.2 Å². The molecule has 0 bridgehead atoms. The molecule has 0 aliphatic heterocycles. The number of hydrogen-bond donors (Lipinski definition) is 0. The molecule has 6 aromatic rings. The first kappa shape index (κ1) is 29.8. The third-order valence-corrected chi connectivity index (χ3v) is 12.2. The van der Waals surface area contributed by atoms with E-state index in [1.54, 1.807) is 72.8 Å². The maximum atomic E-state index is 15.9. The fraction of sp³-hybridized carbons (Fsp3) is 0.0270. The summed E-state index contributed by atoms with van der Waals surface area (Å²) in [6.45, 7) is 0. The monoisotopic (exact) mass is 652 g/mol. The molecular weight excluding hydrogens is 628 g/mol. The van der Waals surface area contributed by atoms with E-state index in [1.165, 1.54) is 12.1 Å². The molecule has 0 saturated carbocycles. The van der Waals surface area contributed by atoms with Crippen molar-refractivity contribution in [3.63, 3.8) is 0 Å². The largest absolute Gasteiger partial charge is 0.534 e. The van der Waals surface area contributed by atoms with Crippen molar-refractivity contribution in [3.8, 4) is 50.3 Å². The number of fused-ring (bicyclic) bond motifs is 8. The highest BCUT2D eigenvalue weighted by atomic mass is 32.2. The Hall–Kier alpha value is -4.91. The fourth-order valence-corrected chi connectivity index (χ4v) is 9.50. The van der Waals surface area contributed by atoms with Crippen LogP contribution in [0.3, 0.4) is 0 Å². The molecule has 7 rings (SSSR count). The first-order valence-electron chi connectivity index (χ1n) is 14.3. The summed E-state index contributed by atoms with van der Waals surface area (Å²) in [6.07, 6.45) is 0. The summed E-state index contributed by atoms with van der Waals surface area (Å²) >= 11 is 0. The van der Waals surface area contributed by atoms with E-state index in [4.69, 9.17) is 4.18 Å². The molecule has 0 unspecified atom stereocenters. The molecule has 6 aromatic carbocycles. The van der Waals surface area contributed by atoms with E-state index in [9.17, 15) is 21.6 Å². The normalized spacial score (nSPS) is 12.5. The third-order valence-electron chi connectivity index (χ3n) is 8.11. The molecule has 1 aliphatic carbocycles. The van der Waals surface area contributed by atoms with Crippen molar-refractivity contribution in [1.29, 1.82) is 0 Å². The van der Waals surface area contributed by atoms with E-state index in [-0.39, 0.29) is 5.56 Å². The second-order valence-electron chi connectivity index (χ2n) is 10.7. The molecule has 0 amide bonds. The third kappa shape index (κ3) is 4.77. The minimum atomic E-state index is -6.07. The van der Waals surface area contributed by atoms with Crippen LogP contribution in [0.1, 0.15) is 0 Å². The average Bonchev–Trinajstić information content (AvgIpc) is 3.07. The average molecular weight is 653 g/mol. The van der Waals surface area contributed by atoms with Crippen LogP contribution in [0, 0.1) is 0 Å². The van der Waals surface area contributed by atoms with E-state index >= 15 is 4.57 Å². The summed E-state index contributed by atoms with van der Waals surface area (Å²) in [5, 5.41) is 1.35. The molecular formula is C37H24F3O4PS. The Balaban J connectivity index is 1.69. The molecule has 0 fully saturated rings. The first-order valence-corrected chi connectivity index (χ1v) is 17.4. The molecule has 4 nitrogen and oxygen atoms in total. The molecule has 9 heteroatoms. The lowest BCUT2D eigenvalue weighted by Crippen LogP contribution is -2.29. The maximum absolute atomic E-state index is 15.9. The van der Waals surface area contributed by atoms with Gasteiger partial charge in [-0.15, -0.1) is 0 Å². The molecule has 0 atom stereocenters. The molecule has 0 saturated heterocycles. The molecule has 0 radical (unpaired) electrons. The number of alkyl halides is 3. The van der Waals surface area contributed by atoms with Gasteiger partial charge < -0.3 is 8.75 Å². The highest BCUT2D eigenvalue weighted by Gasteiger charge is 2.49. The number of hydrogen-bond acceptors (Lipinski definition) is 4. The minimum absolute atomic E-state index is 0.0926. The number of benzene rings is 6. The van der Waals surface area contributed by atoms with Gasteiger partial charge in [0, 0.05) is 27.0 Å². The molecule has 0 heterocycles. The summed E-state index contributed by atoms with van der Waals surface area (Å²) in [6, 6.07) is 42.4. The maximum Gasteiger partial charge on any atom is 0.534 e. The van der Waals surface area contributed by atoms with Crippen molar-refractivity contribution in [2.45, 2.75) is 5.51 Å². The highest BCUT2D eigenvalue weighted by molar-refractivity contribution is 7.88. The van der Waals surface area contributed by atoms with Gasteiger partial charge in [0.2, 0.25) is 0 Å². The molecule has 46 heavy (non-hydrogen) atoms. The molecule has 1 aliphatic rings. The van der Waals surface area contributed by atoms with Crippen LogP contribution < -0.4 is 20.1 Å². The van der Waals surface area contributed by atoms with Crippen molar-refractivity contribution in [1.82, 2.24) is 0 Å². The van der Waals surface area contributed by atoms with Crippen molar-refractivity contribution in [2.75, 3.05) is 0 Å². The van der Waals surface area contributed by atoms with Gasteiger partial charge in [0.15, 0.2) is 12.9 Å². The quantitative estimate of drug-likeness (QED) is 0.106. The highest BCUT2D eigenvalue weighted by Crippen LogP contribution is 2.54. The Labute approximate surface area is 264 Å². The zero-order valence-electron chi connectivity index (χ0n) is 24.0. The standard InChI is InChI=1S/C37H24F3O4PS/c38-37(39,40)46(42,43)44-33-23-11-21-31-29-19-9-7-17-27(29)28-18-8-10-20-30(28)32-22-12-24-34(36(32)35(31)33)45(41,25-13-3-1-4-14-25)26-15-5-2-6-16-26/h1-24H. The van der Waals surface area contributed by atoms with E-state index in [2.05, 4.69) is 0 Å². The second-order valence-corrected chi connectivity index (χ2v) is 15.0. The van der Waals surface area contributed by atoms with E-state index in [0.717, 1.165) is 16.7 Å². The van der Waals surface area contributed by atoms with Crippen LogP contribution in [0.15, 0.2) is 146 Å². The molecule has 0 N–H and O–H groups in total. The Morgan fingerprint density at radius 2 is 0.870 bits per heavy atom. The van der Waals surface area contributed by atoms with E-state index < -0.39 is 28.5 Å². The van der Waals surface area contributed by atoms with Crippen molar-refractivity contribution >= 4 is 33.2 Å². The Morgan fingerprint density at radius 1 is 0.478 bits per heavy atom. The molecule has 0 aromatic heterocycles. The zero-order valence-corrected chi connectivity index (χ0v) is 25.7. The lowest BCUT2D eigenvalue weighted by molar-refractivity contribution is -0.0499. The van der Waals surface area contributed by atoms with Crippen molar-refractivity contribution in [3.05, 3.63) is 146 Å². The summed E-state index contributed by atoms with van der Waals surface area (Å²) in [7, 11) is -9.82. The Morgan fingerprint density at radius 3 is 1.35 bits per heavy atom. The van der Waals surface area contributed by atoms with Gasteiger partial charge in [-0.25, -0.2) is 0 Å². The van der Waals surface area contributed by atoms with Crippen LogP contribution in [0.25, 0.3) is 44.5 Å². The van der Waals surface area contributed by atoms with E-state index in [0.29, 0.717) is 38.2 Å². The van der Waals surface area contributed by atoms with Gasteiger partial charge in [0.1, 0.15) is 0 Å². The molecule has 0 spiro atoms. The second kappa shape index (κ2) is 11.2. The predicted molar refractivity (Wildman–Crippen MR) is 177 cm³/mol. The Kier molecular flexibility index (Phi) is 7.23. The van der Waals surface area contributed by atoms with Crippen LogP contribution in [-0.4, -0.2) is 13.9 Å². The van der Waals surface area contributed by atoms with Gasteiger partial charge in [-0.05, 0) is 39.4 Å². The van der Waals surface area contributed by atoms with Crippen molar-refractivity contribution in [2.24, 2.45) is 0 Å². The van der Waals surface area contributed by atoms with Crippen LogP contribution in [-0.2, 0) is 14.7 Å². The van der Waals surface area contributed by atoms with Gasteiger partial charge in [-0.3, -0.25) is 0 Å². The zero-order chi connectivity index (χ0) is 32.1. The summed E-state index contributed by atoms with van der Waals surface area (Å²) in [5.74, 6) is -0.523. The summed E-state index contributed by atoms with van der Waals surface area (Å²) in [4.78, 5) is 0. The van der Waals surface area contributed by atoms with Crippen LogP contribution in [0.5, 0.6) is 5.75 Å². The smallest absolute Gasteiger partial charge is 0.375 e. The summed E-state index contributed by atoms with van der Waals surface area (Å²) in [5.41, 5.74) is -1.23. The van der Waals surface area contributed by atoms with Gasteiger partial charge in [0.05, 0.1) is 0 Å². The predicted octanol–water partition coefficient (Wildman–Crippen LogP) is 8.54. The lowest BCUT2D eigenvalue weighted by atomic mass is 9.80. The van der Waals surface area contributed by atoms with Crippen LogP contribution >= 0.6 is 7.14 Å². The van der Waals surface area contributed by atoms with Gasteiger partial charge in [-0.1, -0.05) is 140 Å². The lowest BCUT2D eigenvalue weighted by Gasteiger charge is -2.29.